The fourth-order valence-electron chi connectivity index (χ4n) is 3.55. The number of piperidine rings is 1. The number of nitrogens with zero attached hydrogens (tertiary/aromatic N) is 1. The van der Waals surface area contributed by atoms with Crippen LogP contribution in [-0.2, 0) is 0 Å². The topological polar surface area (TPSA) is 15.3 Å². The summed E-state index contributed by atoms with van der Waals surface area (Å²) in [4.78, 5) is 2.59. The highest BCUT2D eigenvalue weighted by molar-refractivity contribution is 5.40. The summed E-state index contributed by atoms with van der Waals surface area (Å²) in [5.74, 6) is 0.770. The number of likely N-dealkylation sites (tertiary alicyclic amines) is 1. The standard InChI is InChI=1S/C17H28N2/c1-13-11-14(2)17(15(3)12-13)16-5-8-19(9-6-16)10-7-18-4/h11-12,16,18H,5-10H2,1-4H3. The molecule has 1 aromatic rings. The van der Waals surface area contributed by atoms with Crippen molar-refractivity contribution < 1.29 is 0 Å². The first-order valence-corrected chi connectivity index (χ1v) is 7.56. The molecule has 1 heterocycles. The van der Waals surface area contributed by atoms with Gasteiger partial charge in [0.25, 0.3) is 0 Å². The lowest BCUT2D eigenvalue weighted by Gasteiger charge is -2.33. The third kappa shape index (κ3) is 3.58. The number of likely N-dealkylation sites (N-methyl/N-ethyl adjacent to an activating group) is 1. The summed E-state index contributed by atoms with van der Waals surface area (Å²) >= 11 is 0. The van der Waals surface area contributed by atoms with Crippen molar-refractivity contribution in [3.8, 4) is 0 Å². The molecule has 0 radical (unpaired) electrons. The second kappa shape index (κ2) is 6.53. The molecule has 1 aromatic carbocycles. The maximum atomic E-state index is 3.24. The Morgan fingerprint density at radius 3 is 2.21 bits per heavy atom. The van der Waals surface area contributed by atoms with E-state index in [1.165, 1.54) is 49.2 Å². The minimum absolute atomic E-state index is 0.770. The fraction of sp³-hybridized carbons (Fsp3) is 0.647. The van der Waals surface area contributed by atoms with Crippen LogP contribution in [0.3, 0.4) is 0 Å². The SMILES string of the molecule is CNCCN1CCC(c2c(C)cc(C)cc2C)CC1. The van der Waals surface area contributed by atoms with Crippen molar-refractivity contribution in [2.45, 2.75) is 39.5 Å². The lowest BCUT2D eigenvalue weighted by atomic mass is 9.83. The van der Waals surface area contributed by atoms with E-state index < -0.39 is 0 Å². The molecule has 1 aliphatic rings. The number of hydrogen-bond acceptors (Lipinski definition) is 2. The van der Waals surface area contributed by atoms with E-state index in [1.807, 2.05) is 7.05 Å². The minimum Gasteiger partial charge on any atom is -0.318 e. The predicted molar refractivity (Wildman–Crippen MR) is 83.0 cm³/mol. The zero-order valence-electron chi connectivity index (χ0n) is 12.9. The summed E-state index contributed by atoms with van der Waals surface area (Å²) < 4.78 is 0. The maximum Gasteiger partial charge on any atom is 0.0107 e. The lowest BCUT2D eigenvalue weighted by molar-refractivity contribution is 0.213. The van der Waals surface area contributed by atoms with E-state index in [1.54, 1.807) is 5.56 Å². The van der Waals surface area contributed by atoms with Crippen LogP contribution >= 0.6 is 0 Å². The van der Waals surface area contributed by atoms with Gasteiger partial charge in [-0.15, -0.1) is 0 Å². The van der Waals surface area contributed by atoms with E-state index >= 15 is 0 Å². The van der Waals surface area contributed by atoms with Gasteiger partial charge >= 0.3 is 0 Å². The second-order valence-corrected chi connectivity index (χ2v) is 6.03. The second-order valence-electron chi connectivity index (χ2n) is 6.03. The molecule has 106 valence electrons. The van der Waals surface area contributed by atoms with Gasteiger partial charge in [0.2, 0.25) is 0 Å². The molecular weight excluding hydrogens is 232 g/mol. The number of rotatable bonds is 4. The van der Waals surface area contributed by atoms with E-state index in [9.17, 15) is 0 Å². The van der Waals surface area contributed by atoms with Crippen LogP contribution in [0.25, 0.3) is 0 Å². The molecule has 2 nitrogen and oxygen atoms in total. The van der Waals surface area contributed by atoms with Crippen LogP contribution in [0.1, 0.15) is 41.0 Å². The highest BCUT2D eigenvalue weighted by Gasteiger charge is 2.22. The van der Waals surface area contributed by atoms with Crippen LogP contribution in [-0.4, -0.2) is 38.1 Å². The smallest absolute Gasteiger partial charge is 0.0107 e. The molecule has 2 heteroatoms. The summed E-state index contributed by atoms with van der Waals surface area (Å²) in [6, 6.07) is 4.69. The monoisotopic (exact) mass is 260 g/mol. The molecule has 1 saturated heterocycles. The van der Waals surface area contributed by atoms with Gasteiger partial charge in [-0.05, 0) is 76.4 Å². The van der Waals surface area contributed by atoms with Gasteiger partial charge in [-0.1, -0.05) is 17.7 Å². The van der Waals surface area contributed by atoms with Crippen molar-refractivity contribution in [2.24, 2.45) is 0 Å². The van der Waals surface area contributed by atoms with E-state index in [4.69, 9.17) is 0 Å². The molecular formula is C17H28N2. The van der Waals surface area contributed by atoms with Gasteiger partial charge in [0.15, 0.2) is 0 Å². The molecule has 1 aliphatic heterocycles. The third-order valence-corrected chi connectivity index (χ3v) is 4.41. The van der Waals surface area contributed by atoms with E-state index in [2.05, 4.69) is 43.1 Å². The Kier molecular flexibility index (Phi) is 5.00. The highest BCUT2D eigenvalue weighted by atomic mass is 15.1. The molecule has 1 N–H and O–H groups in total. The van der Waals surface area contributed by atoms with Crippen LogP contribution < -0.4 is 5.32 Å². The Morgan fingerprint density at radius 1 is 1.11 bits per heavy atom. The fourth-order valence-corrected chi connectivity index (χ4v) is 3.55. The highest BCUT2D eigenvalue weighted by Crippen LogP contribution is 2.33. The van der Waals surface area contributed by atoms with E-state index in [0.717, 1.165) is 12.5 Å². The summed E-state index contributed by atoms with van der Waals surface area (Å²) in [7, 11) is 2.03. The van der Waals surface area contributed by atoms with Crippen LogP contribution in [0.4, 0.5) is 0 Å². The molecule has 19 heavy (non-hydrogen) atoms. The van der Waals surface area contributed by atoms with Gasteiger partial charge in [-0.3, -0.25) is 0 Å². The number of nitrogens with one attached hydrogen (secondary N) is 1. The van der Waals surface area contributed by atoms with E-state index in [0.29, 0.717) is 0 Å². The zero-order valence-corrected chi connectivity index (χ0v) is 12.9. The Bertz CT molecular complexity index is 394. The average Bonchev–Trinajstić information content (AvgIpc) is 2.36. The van der Waals surface area contributed by atoms with Crippen molar-refractivity contribution in [3.05, 3.63) is 34.4 Å². The molecule has 1 fully saturated rings. The molecule has 0 atom stereocenters. The minimum atomic E-state index is 0.770. The Balaban J connectivity index is 2.02. The zero-order chi connectivity index (χ0) is 13.8. The van der Waals surface area contributed by atoms with Crippen LogP contribution in [0.2, 0.25) is 0 Å². The first-order chi connectivity index (χ1) is 9.11. The van der Waals surface area contributed by atoms with Crippen molar-refractivity contribution >= 4 is 0 Å². The summed E-state index contributed by atoms with van der Waals surface area (Å²) in [5.41, 5.74) is 6.00. The van der Waals surface area contributed by atoms with Crippen molar-refractivity contribution in [2.75, 3.05) is 33.2 Å². The van der Waals surface area contributed by atoms with Crippen molar-refractivity contribution in [3.63, 3.8) is 0 Å². The van der Waals surface area contributed by atoms with Gasteiger partial charge in [0.1, 0.15) is 0 Å². The largest absolute Gasteiger partial charge is 0.318 e. The van der Waals surface area contributed by atoms with Gasteiger partial charge in [0.05, 0.1) is 0 Å². The maximum absolute atomic E-state index is 3.24. The quantitative estimate of drug-likeness (QED) is 0.895. The molecule has 0 amide bonds. The van der Waals surface area contributed by atoms with Crippen molar-refractivity contribution in [1.29, 1.82) is 0 Å². The summed E-state index contributed by atoms with van der Waals surface area (Å²) in [5, 5.41) is 3.24. The Hall–Kier alpha value is -0.860. The van der Waals surface area contributed by atoms with Crippen LogP contribution in [0.5, 0.6) is 0 Å². The molecule has 0 unspecified atom stereocenters. The predicted octanol–water partition coefficient (Wildman–Crippen LogP) is 3.01. The number of aryl methyl sites for hydroxylation is 3. The summed E-state index contributed by atoms with van der Waals surface area (Å²) in [6.45, 7) is 11.6. The third-order valence-electron chi connectivity index (χ3n) is 4.41. The lowest BCUT2D eigenvalue weighted by Crippen LogP contribution is -2.37. The van der Waals surface area contributed by atoms with Crippen LogP contribution in [0, 0.1) is 20.8 Å². The van der Waals surface area contributed by atoms with Gasteiger partial charge < -0.3 is 10.2 Å². The first kappa shape index (κ1) is 14.5. The van der Waals surface area contributed by atoms with Gasteiger partial charge in [0, 0.05) is 13.1 Å². The summed E-state index contributed by atoms with van der Waals surface area (Å²) in [6.07, 6.45) is 2.63. The van der Waals surface area contributed by atoms with Crippen LogP contribution in [0.15, 0.2) is 12.1 Å². The normalized spacial score (nSPS) is 17.9. The number of hydrogen-bond donors (Lipinski definition) is 1. The first-order valence-electron chi connectivity index (χ1n) is 7.56. The molecule has 0 saturated carbocycles. The van der Waals surface area contributed by atoms with Gasteiger partial charge in [-0.2, -0.15) is 0 Å². The van der Waals surface area contributed by atoms with Gasteiger partial charge in [-0.25, -0.2) is 0 Å². The average molecular weight is 260 g/mol. The molecule has 2 rings (SSSR count). The molecule has 0 aliphatic carbocycles. The Labute approximate surface area is 118 Å². The molecule has 0 spiro atoms. The molecule has 0 aromatic heterocycles. The molecule has 0 bridgehead atoms. The van der Waals surface area contributed by atoms with E-state index in [-0.39, 0.29) is 0 Å². The van der Waals surface area contributed by atoms with Crippen molar-refractivity contribution in [1.82, 2.24) is 10.2 Å². The number of benzene rings is 1. The Morgan fingerprint density at radius 2 is 1.68 bits per heavy atom.